The van der Waals surface area contributed by atoms with Gasteiger partial charge in [-0.25, -0.2) is 18.9 Å². The third-order valence-electron chi connectivity index (χ3n) is 2.31. The highest BCUT2D eigenvalue weighted by atomic mass is 19.1. The highest BCUT2D eigenvalue weighted by Gasteiger charge is 2.09. The van der Waals surface area contributed by atoms with Gasteiger partial charge in [-0.3, -0.25) is 0 Å². The second-order valence-corrected chi connectivity index (χ2v) is 3.65. The first-order valence-electron chi connectivity index (χ1n) is 4.94. The maximum absolute atomic E-state index is 13.3. The molecule has 5 nitrogen and oxygen atoms in total. The Hall–Kier alpha value is -2.24. The van der Waals surface area contributed by atoms with Crippen molar-refractivity contribution in [2.75, 3.05) is 0 Å². The maximum atomic E-state index is 13.3. The van der Waals surface area contributed by atoms with Crippen molar-refractivity contribution < 1.29 is 14.3 Å². The fourth-order valence-electron chi connectivity index (χ4n) is 1.39. The van der Waals surface area contributed by atoms with Crippen LogP contribution in [0.4, 0.5) is 4.39 Å². The number of aromatic nitrogens is 3. The van der Waals surface area contributed by atoms with E-state index < -0.39 is 5.97 Å². The number of hydrogen-bond donors (Lipinski definition) is 1. The van der Waals surface area contributed by atoms with Crippen molar-refractivity contribution in [1.82, 2.24) is 14.8 Å². The molecular formula is C11H10FN3O2. The van der Waals surface area contributed by atoms with Crippen molar-refractivity contribution in [3.05, 3.63) is 47.3 Å². The summed E-state index contributed by atoms with van der Waals surface area (Å²) < 4.78 is 14.6. The Balaban J connectivity index is 2.19. The summed E-state index contributed by atoms with van der Waals surface area (Å²) in [6.45, 7) is 1.97. The van der Waals surface area contributed by atoms with Crippen molar-refractivity contribution >= 4 is 5.97 Å². The maximum Gasteiger partial charge on any atom is 0.375 e. The SMILES string of the molecule is Cc1ccc(Cn2cnc(C(=O)O)n2)cc1F. The standard InChI is InChI=1S/C11H10FN3O2/c1-7-2-3-8(4-9(7)12)5-15-6-13-10(14-15)11(16)17/h2-4,6H,5H2,1H3,(H,16,17). The van der Waals surface area contributed by atoms with E-state index in [2.05, 4.69) is 10.1 Å². The van der Waals surface area contributed by atoms with E-state index in [1.165, 1.54) is 17.1 Å². The van der Waals surface area contributed by atoms with Gasteiger partial charge in [-0.2, -0.15) is 0 Å². The Kier molecular flexibility index (Phi) is 2.86. The van der Waals surface area contributed by atoms with E-state index in [1.54, 1.807) is 19.1 Å². The summed E-state index contributed by atoms with van der Waals surface area (Å²) in [6, 6.07) is 4.83. The molecule has 0 saturated carbocycles. The number of carboxylic acids is 1. The lowest BCUT2D eigenvalue weighted by atomic mass is 10.1. The molecule has 17 heavy (non-hydrogen) atoms. The van der Waals surface area contributed by atoms with E-state index in [1.807, 2.05) is 0 Å². The minimum atomic E-state index is -1.18. The van der Waals surface area contributed by atoms with Crippen LogP contribution in [-0.2, 0) is 6.54 Å². The van der Waals surface area contributed by atoms with Gasteiger partial charge in [0.25, 0.3) is 5.82 Å². The zero-order valence-electron chi connectivity index (χ0n) is 9.09. The first-order chi connectivity index (χ1) is 8.06. The molecule has 0 bridgehead atoms. The minimum Gasteiger partial charge on any atom is -0.475 e. The van der Waals surface area contributed by atoms with Crippen LogP contribution in [0.15, 0.2) is 24.5 Å². The third kappa shape index (κ3) is 2.47. The molecule has 88 valence electrons. The van der Waals surface area contributed by atoms with Gasteiger partial charge in [0.05, 0.1) is 6.54 Å². The predicted octanol–water partition coefficient (Wildman–Crippen LogP) is 1.47. The lowest BCUT2D eigenvalue weighted by Gasteiger charge is -2.02. The van der Waals surface area contributed by atoms with Crippen LogP contribution in [0.3, 0.4) is 0 Å². The zero-order chi connectivity index (χ0) is 12.4. The quantitative estimate of drug-likeness (QED) is 0.874. The summed E-state index contributed by atoms with van der Waals surface area (Å²) in [6.07, 6.45) is 1.31. The Labute approximate surface area is 96.5 Å². The monoisotopic (exact) mass is 235 g/mol. The fourth-order valence-corrected chi connectivity index (χ4v) is 1.39. The second kappa shape index (κ2) is 4.32. The van der Waals surface area contributed by atoms with Crippen LogP contribution in [-0.4, -0.2) is 25.8 Å². The zero-order valence-corrected chi connectivity index (χ0v) is 9.09. The summed E-state index contributed by atoms with van der Waals surface area (Å²) >= 11 is 0. The van der Waals surface area contributed by atoms with Gasteiger partial charge in [-0.1, -0.05) is 12.1 Å². The normalized spacial score (nSPS) is 10.5. The van der Waals surface area contributed by atoms with Gasteiger partial charge in [0, 0.05) is 0 Å². The van der Waals surface area contributed by atoms with Gasteiger partial charge < -0.3 is 5.11 Å². The largest absolute Gasteiger partial charge is 0.475 e. The van der Waals surface area contributed by atoms with Crippen LogP contribution in [0.5, 0.6) is 0 Å². The molecule has 0 aliphatic rings. The summed E-state index contributed by atoms with van der Waals surface area (Å²) in [5.74, 6) is -1.74. The summed E-state index contributed by atoms with van der Waals surface area (Å²) in [5.41, 5.74) is 1.27. The van der Waals surface area contributed by atoms with Gasteiger partial charge in [-0.15, -0.1) is 5.10 Å². The molecule has 0 spiro atoms. The first-order valence-corrected chi connectivity index (χ1v) is 4.94. The van der Waals surface area contributed by atoms with E-state index in [4.69, 9.17) is 5.11 Å². The van der Waals surface area contributed by atoms with Crippen molar-refractivity contribution in [3.8, 4) is 0 Å². The number of aromatic carboxylic acids is 1. The lowest BCUT2D eigenvalue weighted by Crippen LogP contribution is -2.04. The lowest BCUT2D eigenvalue weighted by molar-refractivity contribution is 0.0683. The third-order valence-corrected chi connectivity index (χ3v) is 2.31. The minimum absolute atomic E-state index is 0.266. The van der Waals surface area contributed by atoms with Crippen LogP contribution in [0.1, 0.15) is 21.7 Å². The van der Waals surface area contributed by atoms with E-state index in [9.17, 15) is 9.18 Å². The molecule has 1 N–H and O–H groups in total. The molecule has 0 atom stereocenters. The van der Waals surface area contributed by atoms with E-state index >= 15 is 0 Å². The van der Waals surface area contributed by atoms with Crippen molar-refractivity contribution in [3.63, 3.8) is 0 Å². The van der Waals surface area contributed by atoms with Crippen LogP contribution < -0.4 is 0 Å². The topological polar surface area (TPSA) is 68.0 Å². The second-order valence-electron chi connectivity index (χ2n) is 3.65. The molecule has 0 unspecified atom stereocenters. The number of carboxylic acid groups (broad SMARTS) is 1. The van der Waals surface area contributed by atoms with Crippen LogP contribution >= 0.6 is 0 Å². The Morgan fingerprint density at radius 3 is 2.88 bits per heavy atom. The molecule has 6 heteroatoms. The van der Waals surface area contributed by atoms with E-state index in [-0.39, 0.29) is 18.2 Å². The summed E-state index contributed by atoms with van der Waals surface area (Å²) in [4.78, 5) is 14.2. The summed E-state index contributed by atoms with van der Waals surface area (Å²) in [7, 11) is 0. The van der Waals surface area contributed by atoms with Gasteiger partial charge in [0.15, 0.2) is 0 Å². The molecule has 2 rings (SSSR count). The number of nitrogens with zero attached hydrogens (tertiary/aromatic N) is 3. The van der Waals surface area contributed by atoms with E-state index in [0.717, 1.165) is 0 Å². The Bertz CT molecular complexity index is 566. The molecule has 0 amide bonds. The molecule has 0 saturated heterocycles. The van der Waals surface area contributed by atoms with E-state index in [0.29, 0.717) is 11.1 Å². The van der Waals surface area contributed by atoms with Crippen LogP contribution in [0.2, 0.25) is 0 Å². The smallest absolute Gasteiger partial charge is 0.375 e. The van der Waals surface area contributed by atoms with Crippen LogP contribution in [0.25, 0.3) is 0 Å². The summed E-state index contributed by atoms with van der Waals surface area (Å²) in [5, 5.41) is 12.4. The molecule has 0 aliphatic heterocycles. The highest BCUT2D eigenvalue weighted by molar-refractivity contribution is 5.82. The Morgan fingerprint density at radius 1 is 1.53 bits per heavy atom. The van der Waals surface area contributed by atoms with Gasteiger partial charge in [-0.05, 0) is 24.1 Å². The molecule has 1 aromatic carbocycles. The number of hydrogen-bond acceptors (Lipinski definition) is 3. The molecule has 1 aromatic heterocycles. The average molecular weight is 235 g/mol. The number of aryl methyl sites for hydroxylation is 1. The molecular weight excluding hydrogens is 225 g/mol. The predicted molar refractivity (Wildman–Crippen MR) is 57.2 cm³/mol. The van der Waals surface area contributed by atoms with Crippen molar-refractivity contribution in [1.29, 1.82) is 0 Å². The first kappa shape index (κ1) is 11.3. The number of benzene rings is 1. The van der Waals surface area contributed by atoms with Crippen molar-refractivity contribution in [2.24, 2.45) is 0 Å². The number of rotatable bonds is 3. The molecule has 2 aromatic rings. The molecule has 0 aliphatic carbocycles. The highest BCUT2D eigenvalue weighted by Crippen LogP contribution is 2.10. The van der Waals surface area contributed by atoms with Gasteiger partial charge >= 0.3 is 5.97 Å². The number of halogens is 1. The molecule has 0 fully saturated rings. The van der Waals surface area contributed by atoms with Gasteiger partial charge in [0.1, 0.15) is 12.1 Å². The van der Waals surface area contributed by atoms with Gasteiger partial charge in [0.2, 0.25) is 0 Å². The number of carbonyl (C=O) groups is 1. The van der Waals surface area contributed by atoms with Crippen LogP contribution in [0, 0.1) is 12.7 Å². The average Bonchev–Trinajstić information content (AvgIpc) is 2.72. The molecule has 1 heterocycles. The Morgan fingerprint density at radius 2 is 2.29 bits per heavy atom. The molecule has 0 radical (unpaired) electrons. The van der Waals surface area contributed by atoms with Crippen molar-refractivity contribution in [2.45, 2.75) is 13.5 Å². The fraction of sp³-hybridized carbons (Fsp3) is 0.182.